The number of aryl methyl sites for hydroxylation is 2. The van der Waals surface area contributed by atoms with Gasteiger partial charge in [-0.2, -0.15) is 5.10 Å². The van der Waals surface area contributed by atoms with Crippen molar-refractivity contribution in [2.45, 2.75) is 45.8 Å². The van der Waals surface area contributed by atoms with Crippen LogP contribution in [-0.4, -0.2) is 45.8 Å². The van der Waals surface area contributed by atoms with Crippen molar-refractivity contribution in [1.82, 2.24) is 20.3 Å². The van der Waals surface area contributed by atoms with Crippen LogP contribution in [0, 0.1) is 13.8 Å². The van der Waals surface area contributed by atoms with Crippen molar-refractivity contribution >= 4 is 45.4 Å². The number of amides is 1. The Bertz CT molecular complexity index is 1320. The number of imidazole rings is 1. The summed E-state index contributed by atoms with van der Waals surface area (Å²) in [6.45, 7) is 6.85. The van der Waals surface area contributed by atoms with E-state index in [4.69, 9.17) is 16.6 Å². The SMILES string of the molecule is Cc1sc2c(c1C)C(c1ccc(Cl)cc1)=N[C@@H](CC(=O)NCCc1cn(C)cn1)C1=NNC(C)N12. The number of rotatable bonds is 6. The molecular weight excluding hydrogens is 482 g/mol. The predicted octanol–water partition coefficient (Wildman–Crippen LogP) is 3.79. The lowest BCUT2D eigenvalue weighted by Crippen LogP contribution is -2.43. The Morgan fingerprint density at radius 2 is 2.03 bits per heavy atom. The molecule has 0 radical (unpaired) electrons. The molecule has 0 fully saturated rings. The Hall–Kier alpha value is -3.17. The largest absolute Gasteiger partial charge is 0.356 e. The van der Waals surface area contributed by atoms with Crippen LogP contribution in [0.2, 0.25) is 5.02 Å². The summed E-state index contributed by atoms with van der Waals surface area (Å²) in [7, 11) is 1.93. The quantitative estimate of drug-likeness (QED) is 0.529. The standard InChI is InChI=1S/C25H28ClN7OS/c1-14-15(2)35-25-22(14)23(17-5-7-18(26)8-6-17)29-20(24-31-30-16(3)33(24)25)11-21(34)27-10-9-19-12-32(4)13-28-19/h5-8,12-13,16,20,30H,9-11H2,1-4H3,(H,27,34)/t16?,20-/m0/s1. The molecule has 0 aliphatic carbocycles. The first-order chi connectivity index (χ1) is 16.8. The second-order valence-corrected chi connectivity index (χ2v) is 10.6. The van der Waals surface area contributed by atoms with Gasteiger partial charge in [-0.15, -0.1) is 11.3 Å². The van der Waals surface area contributed by atoms with Gasteiger partial charge in [0.05, 0.1) is 24.2 Å². The number of halogens is 1. The number of hydrogen-bond donors (Lipinski definition) is 2. The molecule has 10 heteroatoms. The lowest BCUT2D eigenvalue weighted by Gasteiger charge is -2.24. The zero-order valence-corrected chi connectivity index (χ0v) is 21.7. The van der Waals surface area contributed by atoms with E-state index in [0.29, 0.717) is 18.0 Å². The number of hydrazone groups is 1. The third-order valence-electron chi connectivity index (χ3n) is 6.36. The Balaban J connectivity index is 1.47. The molecule has 2 aliphatic rings. The maximum absolute atomic E-state index is 13.0. The highest BCUT2D eigenvalue weighted by molar-refractivity contribution is 7.17. The van der Waals surface area contributed by atoms with E-state index >= 15 is 0 Å². The lowest BCUT2D eigenvalue weighted by atomic mass is 9.99. The van der Waals surface area contributed by atoms with Crippen molar-refractivity contribution in [3.63, 3.8) is 0 Å². The first kappa shape index (κ1) is 23.6. The molecule has 5 rings (SSSR count). The van der Waals surface area contributed by atoms with Crippen molar-refractivity contribution < 1.29 is 4.79 Å². The average molecular weight is 510 g/mol. The molecule has 182 valence electrons. The first-order valence-corrected chi connectivity index (χ1v) is 12.8. The van der Waals surface area contributed by atoms with E-state index < -0.39 is 6.04 Å². The van der Waals surface area contributed by atoms with Crippen LogP contribution in [0.5, 0.6) is 0 Å². The van der Waals surface area contributed by atoms with Gasteiger partial charge in [-0.25, -0.2) is 4.98 Å². The van der Waals surface area contributed by atoms with Gasteiger partial charge < -0.3 is 9.88 Å². The molecule has 2 aliphatic heterocycles. The smallest absolute Gasteiger partial charge is 0.222 e. The summed E-state index contributed by atoms with van der Waals surface area (Å²) in [5.74, 6) is 0.703. The number of carbonyl (C=O) groups excluding carboxylic acids is 1. The summed E-state index contributed by atoms with van der Waals surface area (Å²) in [5.41, 5.74) is 8.26. The Kier molecular flexibility index (Phi) is 6.37. The minimum absolute atomic E-state index is 0.0318. The van der Waals surface area contributed by atoms with E-state index in [1.54, 1.807) is 17.7 Å². The number of fused-ring (bicyclic) bond motifs is 3. The summed E-state index contributed by atoms with van der Waals surface area (Å²) < 4.78 is 1.90. The molecule has 3 aromatic rings. The van der Waals surface area contributed by atoms with E-state index in [0.717, 1.165) is 33.4 Å². The molecule has 8 nitrogen and oxygen atoms in total. The number of thiophene rings is 1. The number of hydrogen-bond acceptors (Lipinski definition) is 7. The molecule has 2 N–H and O–H groups in total. The van der Waals surface area contributed by atoms with E-state index in [-0.39, 0.29) is 18.5 Å². The number of benzene rings is 1. The van der Waals surface area contributed by atoms with Crippen LogP contribution in [0.4, 0.5) is 5.00 Å². The minimum Gasteiger partial charge on any atom is -0.356 e. The van der Waals surface area contributed by atoms with E-state index in [9.17, 15) is 4.79 Å². The van der Waals surface area contributed by atoms with Crippen LogP contribution in [-0.2, 0) is 18.3 Å². The topological polar surface area (TPSA) is 86.9 Å². The van der Waals surface area contributed by atoms with E-state index in [1.165, 1.54) is 10.4 Å². The molecule has 0 bridgehead atoms. The van der Waals surface area contributed by atoms with Crippen molar-refractivity contribution in [2.24, 2.45) is 17.1 Å². The molecule has 2 aromatic heterocycles. The normalized spacial score (nSPS) is 18.8. The maximum atomic E-state index is 13.0. The van der Waals surface area contributed by atoms with Crippen LogP contribution >= 0.6 is 22.9 Å². The fourth-order valence-corrected chi connectivity index (χ4v) is 5.83. The molecule has 1 amide bonds. The Morgan fingerprint density at radius 3 is 2.74 bits per heavy atom. The van der Waals surface area contributed by atoms with Gasteiger partial charge in [0.1, 0.15) is 17.2 Å². The second-order valence-electron chi connectivity index (χ2n) is 8.94. The highest BCUT2D eigenvalue weighted by atomic mass is 35.5. The molecule has 0 saturated heterocycles. The highest BCUT2D eigenvalue weighted by Crippen LogP contribution is 2.41. The molecule has 1 aromatic carbocycles. The monoisotopic (exact) mass is 509 g/mol. The number of amidine groups is 1. The van der Waals surface area contributed by atoms with Crippen molar-refractivity contribution in [2.75, 3.05) is 11.4 Å². The van der Waals surface area contributed by atoms with Gasteiger partial charge in [0.15, 0.2) is 5.84 Å². The van der Waals surface area contributed by atoms with Gasteiger partial charge in [-0.3, -0.25) is 20.1 Å². The summed E-state index contributed by atoms with van der Waals surface area (Å²) in [5, 5.41) is 9.43. The summed E-state index contributed by atoms with van der Waals surface area (Å²) >= 11 is 7.91. The number of aliphatic imine (C=N–C) groups is 1. The van der Waals surface area contributed by atoms with Crippen LogP contribution in [0.3, 0.4) is 0 Å². The Morgan fingerprint density at radius 1 is 1.26 bits per heavy atom. The summed E-state index contributed by atoms with van der Waals surface area (Å²) in [4.78, 5) is 25.9. The number of nitrogens with one attached hydrogen (secondary N) is 2. The average Bonchev–Trinajstić information content (AvgIpc) is 3.47. The minimum atomic E-state index is -0.424. The molecule has 35 heavy (non-hydrogen) atoms. The Labute approximate surface area is 213 Å². The molecule has 1 unspecified atom stereocenters. The van der Waals surface area contributed by atoms with Gasteiger partial charge in [0.25, 0.3) is 0 Å². The predicted molar refractivity (Wildman–Crippen MR) is 142 cm³/mol. The van der Waals surface area contributed by atoms with Gasteiger partial charge in [0.2, 0.25) is 5.91 Å². The number of aromatic nitrogens is 2. The highest BCUT2D eigenvalue weighted by Gasteiger charge is 2.39. The van der Waals surface area contributed by atoms with Crippen LogP contribution in [0.1, 0.15) is 40.6 Å². The number of carbonyl (C=O) groups is 1. The molecule has 0 saturated carbocycles. The van der Waals surface area contributed by atoms with Gasteiger partial charge in [-0.1, -0.05) is 23.7 Å². The maximum Gasteiger partial charge on any atom is 0.222 e. The summed E-state index contributed by atoms with van der Waals surface area (Å²) in [6.07, 6.45) is 4.57. The van der Waals surface area contributed by atoms with E-state index in [2.05, 4.69) is 46.5 Å². The van der Waals surface area contributed by atoms with Gasteiger partial charge in [-0.05, 0) is 38.5 Å². The zero-order valence-electron chi connectivity index (χ0n) is 20.2. The summed E-state index contributed by atoms with van der Waals surface area (Å²) in [6, 6.07) is 7.30. The van der Waals surface area contributed by atoms with Crippen LogP contribution < -0.4 is 15.6 Å². The zero-order chi connectivity index (χ0) is 24.7. The molecule has 2 atom stereocenters. The van der Waals surface area contributed by atoms with Gasteiger partial charge in [0, 0.05) is 47.2 Å². The van der Waals surface area contributed by atoms with Crippen molar-refractivity contribution in [1.29, 1.82) is 0 Å². The fraction of sp³-hybridized carbons (Fsp3) is 0.360. The number of nitrogens with zero attached hydrogens (tertiary/aromatic N) is 5. The van der Waals surface area contributed by atoms with E-state index in [1.807, 2.05) is 42.1 Å². The number of anilines is 1. The lowest BCUT2D eigenvalue weighted by molar-refractivity contribution is -0.121. The second kappa shape index (κ2) is 9.47. The third-order valence-corrected chi connectivity index (χ3v) is 7.82. The van der Waals surface area contributed by atoms with Crippen LogP contribution in [0.15, 0.2) is 46.9 Å². The molecule has 0 spiro atoms. The molecule has 4 heterocycles. The molecular formula is C25H28ClN7OS. The first-order valence-electron chi connectivity index (χ1n) is 11.6. The fourth-order valence-electron chi connectivity index (χ4n) is 4.46. The van der Waals surface area contributed by atoms with Gasteiger partial charge >= 0.3 is 0 Å². The third kappa shape index (κ3) is 4.58. The van der Waals surface area contributed by atoms with Crippen LogP contribution in [0.25, 0.3) is 0 Å². The van der Waals surface area contributed by atoms with Crippen molar-refractivity contribution in [3.8, 4) is 0 Å². The van der Waals surface area contributed by atoms with Crippen molar-refractivity contribution in [3.05, 3.63) is 69.1 Å².